The number of benzene rings is 1. The molecule has 0 aliphatic carbocycles. The van der Waals surface area contributed by atoms with Crippen molar-refractivity contribution >= 4 is 17.6 Å². The standard InChI is InChI=1S/C24H22F3N7O5/c1-12-2-3-39-31-19(32-10-29-30-11-32)6-14-8-33(12)24(38)20-22(36)21(35)16(9-34(14)20)23(37)28-7-15-17(26)4-13(25)5-18(15)27/h4-5,9-12,14,36H,2-3,6-8H2,1H3,(H,28,37)/b31-19+/t12-,14-/m0/s1. The summed E-state index contributed by atoms with van der Waals surface area (Å²) >= 11 is 0. The van der Waals surface area contributed by atoms with E-state index in [2.05, 4.69) is 20.7 Å². The quantitative estimate of drug-likeness (QED) is 0.508. The van der Waals surface area contributed by atoms with E-state index in [1.807, 2.05) is 0 Å². The van der Waals surface area contributed by atoms with Crippen LogP contribution in [0.2, 0.25) is 0 Å². The van der Waals surface area contributed by atoms with E-state index in [1.54, 1.807) is 6.92 Å². The first-order valence-corrected chi connectivity index (χ1v) is 11.9. The zero-order valence-corrected chi connectivity index (χ0v) is 20.5. The van der Waals surface area contributed by atoms with Gasteiger partial charge in [0.15, 0.2) is 17.3 Å². The number of pyridine rings is 1. The smallest absolute Gasteiger partial charge is 0.274 e. The van der Waals surface area contributed by atoms with Gasteiger partial charge in [0.2, 0.25) is 5.43 Å². The van der Waals surface area contributed by atoms with Gasteiger partial charge >= 0.3 is 0 Å². The lowest BCUT2D eigenvalue weighted by Gasteiger charge is -2.40. The van der Waals surface area contributed by atoms with E-state index in [0.29, 0.717) is 24.4 Å². The Morgan fingerprint density at radius 1 is 1.18 bits per heavy atom. The molecule has 0 fully saturated rings. The Labute approximate surface area is 218 Å². The summed E-state index contributed by atoms with van der Waals surface area (Å²) in [5.74, 6) is -5.82. The number of nitrogens with one attached hydrogen (secondary N) is 1. The predicted molar refractivity (Wildman–Crippen MR) is 127 cm³/mol. The van der Waals surface area contributed by atoms with E-state index in [9.17, 15) is 32.7 Å². The zero-order chi connectivity index (χ0) is 27.8. The predicted octanol–water partition coefficient (Wildman–Crippen LogP) is 1.55. The van der Waals surface area contributed by atoms with Crippen molar-refractivity contribution in [3.63, 3.8) is 0 Å². The average molecular weight is 545 g/mol. The van der Waals surface area contributed by atoms with E-state index in [1.165, 1.54) is 26.7 Å². The second-order valence-electron chi connectivity index (χ2n) is 9.17. The Bertz CT molecular complexity index is 1520. The summed E-state index contributed by atoms with van der Waals surface area (Å²) in [6.07, 6.45) is 4.46. The fraction of sp³-hybridized carbons (Fsp3) is 0.333. The Kier molecular flexibility index (Phi) is 6.80. The molecule has 204 valence electrons. The maximum Gasteiger partial charge on any atom is 0.274 e. The molecule has 1 aromatic carbocycles. The molecule has 3 aromatic rings. The molecule has 0 radical (unpaired) electrons. The van der Waals surface area contributed by atoms with Crippen LogP contribution >= 0.6 is 0 Å². The normalized spacial score (nSPS) is 20.5. The van der Waals surface area contributed by atoms with Crippen LogP contribution in [-0.2, 0) is 11.4 Å². The van der Waals surface area contributed by atoms with Crippen molar-refractivity contribution in [2.45, 2.75) is 38.4 Å². The first kappa shape index (κ1) is 25.9. The second kappa shape index (κ2) is 10.2. The van der Waals surface area contributed by atoms with Crippen LogP contribution in [0, 0.1) is 17.5 Å². The van der Waals surface area contributed by atoms with Crippen LogP contribution in [0.25, 0.3) is 0 Å². The van der Waals surface area contributed by atoms with Gasteiger partial charge in [0, 0.05) is 55.9 Å². The van der Waals surface area contributed by atoms with Crippen molar-refractivity contribution in [1.82, 2.24) is 29.5 Å². The van der Waals surface area contributed by atoms with Crippen molar-refractivity contribution in [2.75, 3.05) is 13.2 Å². The van der Waals surface area contributed by atoms with Crippen molar-refractivity contribution in [2.24, 2.45) is 5.16 Å². The van der Waals surface area contributed by atoms with Crippen LogP contribution in [0.4, 0.5) is 13.2 Å². The third kappa shape index (κ3) is 4.82. The summed E-state index contributed by atoms with van der Waals surface area (Å²) in [5, 5.41) is 24.7. The summed E-state index contributed by atoms with van der Waals surface area (Å²) < 4.78 is 44.1. The molecule has 2 aliphatic rings. The molecule has 4 heterocycles. The number of fused-ring (bicyclic) bond motifs is 4. The number of carbonyl (C=O) groups excluding carboxylic acids is 2. The monoisotopic (exact) mass is 545 g/mol. The molecule has 2 bridgehead atoms. The first-order valence-electron chi connectivity index (χ1n) is 11.9. The molecule has 2 aromatic heterocycles. The van der Waals surface area contributed by atoms with Crippen LogP contribution in [0.15, 0.2) is 40.9 Å². The molecular weight excluding hydrogens is 523 g/mol. The van der Waals surface area contributed by atoms with Crippen LogP contribution in [0.1, 0.15) is 52.2 Å². The molecule has 2 N–H and O–H groups in total. The summed E-state index contributed by atoms with van der Waals surface area (Å²) in [4.78, 5) is 46.2. The summed E-state index contributed by atoms with van der Waals surface area (Å²) in [6.45, 7) is 1.46. The number of nitrogens with zero attached hydrogens (tertiary/aromatic N) is 6. The molecule has 0 spiro atoms. The molecule has 39 heavy (non-hydrogen) atoms. The van der Waals surface area contributed by atoms with Gasteiger partial charge in [-0.15, -0.1) is 10.2 Å². The third-order valence-corrected chi connectivity index (χ3v) is 6.71. The SMILES string of the molecule is C[C@H]1CCO/N=C(/n2cnnc2)C[C@H]2CN1C(=O)c1c(O)c(=O)c(C(=O)NCc3c(F)cc(F)cc3F)cn12. The van der Waals surface area contributed by atoms with Crippen molar-refractivity contribution in [3.8, 4) is 5.75 Å². The summed E-state index contributed by atoms with van der Waals surface area (Å²) in [5.41, 5.74) is -2.62. The first-order chi connectivity index (χ1) is 18.7. The van der Waals surface area contributed by atoms with E-state index >= 15 is 0 Å². The topological polar surface area (TPSA) is 144 Å². The molecule has 12 nitrogen and oxygen atoms in total. The van der Waals surface area contributed by atoms with Crippen molar-refractivity contribution in [1.29, 1.82) is 0 Å². The summed E-state index contributed by atoms with van der Waals surface area (Å²) in [7, 11) is 0. The molecule has 0 saturated heterocycles. The van der Waals surface area contributed by atoms with Crippen molar-refractivity contribution < 1.29 is 32.7 Å². The van der Waals surface area contributed by atoms with Gasteiger partial charge in [-0.3, -0.25) is 19.0 Å². The number of halogens is 3. The Morgan fingerprint density at radius 3 is 2.56 bits per heavy atom. The Morgan fingerprint density at radius 2 is 1.87 bits per heavy atom. The highest BCUT2D eigenvalue weighted by atomic mass is 19.1. The van der Waals surface area contributed by atoms with E-state index in [0.717, 1.165) is 6.20 Å². The minimum absolute atomic E-state index is 0.122. The van der Waals surface area contributed by atoms with Gasteiger partial charge in [0.25, 0.3) is 11.8 Å². The van der Waals surface area contributed by atoms with Gasteiger partial charge < -0.3 is 24.7 Å². The molecule has 2 atom stereocenters. The van der Waals surface area contributed by atoms with Crippen LogP contribution in [0.5, 0.6) is 5.75 Å². The lowest BCUT2D eigenvalue weighted by atomic mass is 10.0. The maximum atomic E-state index is 14.0. The third-order valence-electron chi connectivity index (χ3n) is 6.71. The molecule has 2 amide bonds. The van der Waals surface area contributed by atoms with E-state index in [4.69, 9.17) is 4.84 Å². The fourth-order valence-electron chi connectivity index (χ4n) is 4.60. The van der Waals surface area contributed by atoms with Gasteiger partial charge in [-0.2, -0.15) is 0 Å². The second-order valence-corrected chi connectivity index (χ2v) is 9.17. The highest BCUT2D eigenvalue weighted by molar-refractivity contribution is 5.99. The van der Waals surface area contributed by atoms with Crippen LogP contribution < -0.4 is 10.7 Å². The van der Waals surface area contributed by atoms with Crippen LogP contribution in [0.3, 0.4) is 0 Å². The fourth-order valence-corrected chi connectivity index (χ4v) is 4.60. The van der Waals surface area contributed by atoms with Gasteiger partial charge in [0.05, 0.1) is 6.04 Å². The van der Waals surface area contributed by atoms with Crippen molar-refractivity contribution in [3.05, 3.63) is 75.5 Å². The lowest BCUT2D eigenvalue weighted by Crippen LogP contribution is -2.50. The number of aromatic hydroxyl groups is 1. The highest BCUT2D eigenvalue weighted by Crippen LogP contribution is 2.31. The van der Waals surface area contributed by atoms with Gasteiger partial charge in [-0.05, 0) is 6.92 Å². The number of carbonyl (C=O) groups is 2. The molecule has 2 aliphatic heterocycles. The van der Waals surface area contributed by atoms with Gasteiger partial charge in [0.1, 0.15) is 42.3 Å². The number of rotatable bonds is 3. The van der Waals surface area contributed by atoms with E-state index < -0.39 is 64.2 Å². The maximum absolute atomic E-state index is 14.0. The van der Waals surface area contributed by atoms with E-state index in [-0.39, 0.29) is 31.3 Å². The van der Waals surface area contributed by atoms with Gasteiger partial charge in [-0.1, -0.05) is 5.16 Å². The van der Waals surface area contributed by atoms with Gasteiger partial charge in [-0.25, -0.2) is 13.2 Å². The largest absolute Gasteiger partial charge is 0.503 e. The molecule has 0 unspecified atom stereocenters. The highest BCUT2D eigenvalue weighted by Gasteiger charge is 2.38. The van der Waals surface area contributed by atoms with Crippen LogP contribution in [-0.4, -0.2) is 66.2 Å². The molecule has 15 heteroatoms. The zero-order valence-electron chi connectivity index (χ0n) is 20.5. The lowest BCUT2D eigenvalue weighted by molar-refractivity contribution is 0.0495. The molecular formula is C24H22F3N7O5. The molecule has 5 rings (SSSR count). The number of amides is 2. The minimum Gasteiger partial charge on any atom is -0.503 e. The number of aromatic nitrogens is 4. The number of hydrogen-bond acceptors (Lipinski definition) is 8. The Balaban J connectivity index is 1.53. The number of oxime groups is 1. The summed E-state index contributed by atoms with van der Waals surface area (Å²) in [6, 6.07) is -0.0206. The Hall–Kier alpha value is -4.69. The number of hydrogen-bond donors (Lipinski definition) is 2. The molecule has 0 saturated carbocycles. The average Bonchev–Trinajstić information content (AvgIpc) is 3.42. The minimum atomic E-state index is -1.22.